The second-order valence-electron chi connectivity index (χ2n) is 5.52. The number of imidazole rings is 1. The minimum Gasteiger partial charge on any atom is -0.497 e. The summed E-state index contributed by atoms with van der Waals surface area (Å²) in [5.74, 6) is 0.874. The van der Waals surface area contributed by atoms with Crippen molar-refractivity contribution in [1.29, 1.82) is 0 Å². The molecule has 0 saturated heterocycles. The molecule has 106 valence electrons. The number of hydrogen-bond donors (Lipinski definition) is 1. The third kappa shape index (κ3) is 2.00. The number of rotatable bonds is 2. The van der Waals surface area contributed by atoms with Crippen molar-refractivity contribution >= 4 is 0 Å². The van der Waals surface area contributed by atoms with Gasteiger partial charge in [0.15, 0.2) is 0 Å². The topological polar surface area (TPSA) is 53.1 Å². The van der Waals surface area contributed by atoms with Crippen LogP contribution in [0.2, 0.25) is 0 Å². The van der Waals surface area contributed by atoms with Crippen LogP contribution >= 0.6 is 0 Å². The van der Waals surface area contributed by atoms with Gasteiger partial charge in [-0.1, -0.05) is 6.07 Å². The Morgan fingerprint density at radius 2 is 2.15 bits per heavy atom. The number of nitrogens with zero attached hydrogens (tertiary/aromatic N) is 2. The summed E-state index contributed by atoms with van der Waals surface area (Å²) in [4.78, 5) is 4.40. The molecule has 0 spiro atoms. The lowest BCUT2D eigenvalue weighted by Crippen LogP contribution is -2.30. The van der Waals surface area contributed by atoms with E-state index in [4.69, 9.17) is 10.5 Å². The molecule has 4 nitrogen and oxygen atoms in total. The zero-order chi connectivity index (χ0) is 14.3. The van der Waals surface area contributed by atoms with Gasteiger partial charge in [0.2, 0.25) is 0 Å². The van der Waals surface area contributed by atoms with Gasteiger partial charge in [-0.05, 0) is 49.9 Å². The number of ether oxygens (including phenoxy) is 1. The van der Waals surface area contributed by atoms with Crippen LogP contribution in [-0.4, -0.2) is 16.7 Å². The maximum absolute atomic E-state index is 6.52. The van der Waals surface area contributed by atoms with Gasteiger partial charge < -0.3 is 15.0 Å². The molecule has 1 aromatic carbocycles. The molecule has 2 unspecified atom stereocenters. The highest BCUT2D eigenvalue weighted by Gasteiger charge is 2.29. The summed E-state index contributed by atoms with van der Waals surface area (Å²) in [7, 11) is 1.69. The zero-order valence-corrected chi connectivity index (χ0v) is 12.3. The molecule has 0 saturated carbocycles. The molecule has 3 rings (SSSR count). The molecule has 20 heavy (non-hydrogen) atoms. The van der Waals surface area contributed by atoms with Crippen LogP contribution < -0.4 is 10.5 Å². The highest BCUT2D eigenvalue weighted by Crippen LogP contribution is 2.38. The molecule has 1 aliphatic carbocycles. The largest absolute Gasteiger partial charge is 0.497 e. The molecule has 1 heterocycles. The van der Waals surface area contributed by atoms with Crippen molar-refractivity contribution in [2.24, 2.45) is 5.73 Å². The van der Waals surface area contributed by atoms with Gasteiger partial charge in [0, 0.05) is 5.69 Å². The number of methoxy groups -OCH3 is 1. The number of benzene rings is 1. The van der Waals surface area contributed by atoms with E-state index in [9.17, 15) is 0 Å². The average Bonchev–Trinajstić information content (AvgIpc) is 2.79. The molecule has 0 bridgehead atoms. The van der Waals surface area contributed by atoms with Crippen LogP contribution in [0.25, 0.3) is 0 Å². The summed E-state index contributed by atoms with van der Waals surface area (Å²) in [5, 5.41) is 0. The van der Waals surface area contributed by atoms with Crippen molar-refractivity contribution < 1.29 is 4.74 Å². The van der Waals surface area contributed by atoms with E-state index in [2.05, 4.69) is 28.6 Å². The average molecular weight is 271 g/mol. The van der Waals surface area contributed by atoms with Crippen molar-refractivity contribution in [2.45, 2.75) is 38.8 Å². The number of hydrogen-bond acceptors (Lipinski definition) is 3. The zero-order valence-electron chi connectivity index (χ0n) is 12.3. The van der Waals surface area contributed by atoms with E-state index in [1.54, 1.807) is 7.11 Å². The van der Waals surface area contributed by atoms with Gasteiger partial charge in [-0.3, -0.25) is 0 Å². The van der Waals surface area contributed by atoms with E-state index >= 15 is 0 Å². The highest BCUT2D eigenvalue weighted by atomic mass is 16.5. The Morgan fingerprint density at radius 1 is 1.35 bits per heavy atom. The Bertz CT molecular complexity index is 633. The van der Waals surface area contributed by atoms with E-state index in [0.717, 1.165) is 24.3 Å². The number of fused-ring (bicyclic) bond motifs is 1. The summed E-state index contributed by atoms with van der Waals surface area (Å²) in [6.07, 6.45) is 4.02. The molecule has 4 heteroatoms. The van der Waals surface area contributed by atoms with E-state index in [1.165, 1.54) is 16.8 Å². The fourth-order valence-electron chi connectivity index (χ4n) is 3.09. The van der Waals surface area contributed by atoms with Crippen molar-refractivity contribution in [3.8, 4) is 5.75 Å². The Hall–Kier alpha value is -1.81. The number of aromatic nitrogens is 2. The monoisotopic (exact) mass is 271 g/mol. The first-order valence-electron chi connectivity index (χ1n) is 7.04. The van der Waals surface area contributed by atoms with Crippen LogP contribution in [0, 0.1) is 13.8 Å². The second-order valence-corrected chi connectivity index (χ2v) is 5.52. The van der Waals surface area contributed by atoms with Crippen LogP contribution in [0.4, 0.5) is 0 Å². The van der Waals surface area contributed by atoms with Crippen LogP contribution in [0.1, 0.15) is 41.0 Å². The third-order valence-corrected chi connectivity index (χ3v) is 4.48. The maximum Gasteiger partial charge on any atom is 0.119 e. The van der Waals surface area contributed by atoms with Gasteiger partial charge in [0.05, 0.1) is 31.2 Å². The fourth-order valence-corrected chi connectivity index (χ4v) is 3.09. The van der Waals surface area contributed by atoms with Gasteiger partial charge in [-0.15, -0.1) is 0 Å². The number of nitrogens with two attached hydrogens (primary N) is 1. The molecule has 0 fully saturated rings. The molecule has 0 radical (unpaired) electrons. The van der Waals surface area contributed by atoms with Gasteiger partial charge in [-0.2, -0.15) is 0 Å². The van der Waals surface area contributed by atoms with E-state index in [1.807, 2.05) is 19.3 Å². The summed E-state index contributed by atoms with van der Waals surface area (Å²) in [6, 6.07) is 6.48. The van der Waals surface area contributed by atoms with Crippen molar-refractivity contribution in [3.05, 3.63) is 47.0 Å². The molecule has 0 aliphatic heterocycles. The Balaban J connectivity index is 1.99. The molecule has 0 amide bonds. The summed E-state index contributed by atoms with van der Waals surface area (Å²) < 4.78 is 7.55. The number of aryl methyl sites for hydroxylation is 2. The van der Waals surface area contributed by atoms with Gasteiger partial charge in [-0.25, -0.2) is 4.98 Å². The molecule has 2 atom stereocenters. The molecule has 1 aromatic heterocycles. The predicted molar refractivity (Wildman–Crippen MR) is 79.0 cm³/mol. The Morgan fingerprint density at radius 3 is 2.80 bits per heavy atom. The maximum atomic E-state index is 6.52. The molecule has 1 aliphatic rings. The molecular weight excluding hydrogens is 250 g/mol. The van der Waals surface area contributed by atoms with E-state index in [0.29, 0.717) is 0 Å². The van der Waals surface area contributed by atoms with Gasteiger partial charge in [0.25, 0.3) is 0 Å². The summed E-state index contributed by atoms with van der Waals surface area (Å²) in [6.45, 7) is 4.15. The minimum atomic E-state index is -0.0128. The summed E-state index contributed by atoms with van der Waals surface area (Å²) in [5.41, 5.74) is 11.3. The quantitative estimate of drug-likeness (QED) is 0.913. The Labute approximate surface area is 119 Å². The van der Waals surface area contributed by atoms with Crippen LogP contribution in [0.5, 0.6) is 5.75 Å². The predicted octanol–water partition coefficient (Wildman–Crippen LogP) is 2.70. The standard InChI is InChI=1S/C16H21N3O/c1-10-11(2)19(9-18-10)15-7-5-12-4-6-13(20-3)8-14(12)16(15)17/h4,6,8-9,15-16H,5,7,17H2,1-3H3. The third-order valence-electron chi connectivity index (χ3n) is 4.48. The van der Waals surface area contributed by atoms with Crippen molar-refractivity contribution in [2.75, 3.05) is 7.11 Å². The highest BCUT2D eigenvalue weighted by molar-refractivity contribution is 5.40. The van der Waals surface area contributed by atoms with E-state index < -0.39 is 0 Å². The summed E-state index contributed by atoms with van der Waals surface area (Å²) >= 11 is 0. The van der Waals surface area contributed by atoms with Crippen LogP contribution in [0.3, 0.4) is 0 Å². The molecular formula is C16H21N3O. The smallest absolute Gasteiger partial charge is 0.119 e. The molecule has 2 N–H and O–H groups in total. The second kappa shape index (κ2) is 4.94. The van der Waals surface area contributed by atoms with Gasteiger partial charge in [0.1, 0.15) is 5.75 Å². The SMILES string of the molecule is COc1ccc2c(c1)C(N)C(n1cnc(C)c1C)CC2. The Kier molecular flexibility index (Phi) is 3.26. The lowest BCUT2D eigenvalue weighted by Gasteiger charge is -2.33. The normalized spacial score (nSPS) is 21.6. The van der Waals surface area contributed by atoms with Crippen molar-refractivity contribution in [1.82, 2.24) is 9.55 Å². The lowest BCUT2D eigenvalue weighted by molar-refractivity contribution is 0.361. The van der Waals surface area contributed by atoms with Crippen LogP contribution in [-0.2, 0) is 6.42 Å². The van der Waals surface area contributed by atoms with Crippen LogP contribution in [0.15, 0.2) is 24.5 Å². The lowest BCUT2D eigenvalue weighted by atomic mass is 9.84. The first kappa shape index (κ1) is 13.2. The van der Waals surface area contributed by atoms with Crippen molar-refractivity contribution in [3.63, 3.8) is 0 Å². The first-order valence-corrected chi connectivity index (χ1v) is 7.04. The minimum absolute atomic E-state index is 0.0128. The first-order chi connectivity index (χ1) is 9.61. The van der Waals surface area contributed by atoms with E-state index in [-0.39, 0.29) is 12.1 Å². The molecule has 2 aromatic rings. The van der Waals surface area contributed by atoms with Gasteiger partial charge >= 0.3 is 0 Å². The fraction of sp³-hybridized carbons (Fsp3) is 0.438.